The molecular weight excluding hydrogens is 224 g/mol. The van der Waals surface area contributed by atoms with Gasteiger partial charge in [0.1, 0.15) is 0 Å². The van der Waals surface area contributed by atoms with Crippen molar-refractivity contribution >= 4 is 0 Å². The minimum absolute atomic E-state index is 0.147. The molecule has 2 rings (SSSR count). The van der Waals surface area contributed by atoms with Gasteiger partial charge in [0.2, 0.25) is 0 Å². The zero-order chi connectivity index (χ0) is 13.0. The number of hydrogen-bond donors (Lipinski definition) is 1. The third-order valence-electron chi connectivity index (χ3n) is 3.75. The molecule has 18 heavy (non-hydrogen) atoms. The lowest BCUT2D eigenvalue weighted by Gasteiger charge is -2.31. The fourth-order valence-corrected chi connectivity index (χ4v) is 2.98. The van der Waals surface area contributed by atoms with Gasteiger partial charge in [-0.2, -0.15) is 0 Å². The van der Waals surface area contributed by atoms with Crippen LogP contribution in [-0.2, 0) is 4.74 Å². The van der Waals surface area contributed by atoms with E-state index < -0.39 is 0 Å². The number of nitrogens with two attached hydrogens (primary N) is 1. The minimum Gasteiger partial charge on any atom is -0.384 e. The van der Waals surface area contributed by atoms with Crippen molar-refractivity contribution in [2.24, 2.45) is 11.7 Å². The molecule has 2 N–H and O–H groups in total. The SMILES string of the molecule is COCC1CCN(C(c2ccccc2)C(C)N)C1. The Morgan fingerprint density at radius 3 is 2.72 bits per heavy atom. The highest BCUT2D eigenvalue weighted by Gasteiger charge is 2.30. The minimum atomic E-state index is 0.147. The second-order valence-corrected chi connectivity index (χ2v) is 5.32. The smallest absolute Gasteiger partial charge is 0.0503 e. The van der Waals surface area contributed by atoms with Crippen LogP contribution in [0.3, 0.4) is 0 Å². The summed E-state index contributed by atoms with van der Waals surface area (Å²) in [4.78, 5) is 2.50. The van der Waals surface area contributed by atoms with Gasteiger partial charge in [0.05, 0.1) is 6.61 Å². The molecule has 0 amide bonds. The molecule has 3 atom stereocenters. The normalized spacial score (nSPS) is 24.1. The first-order valence-corrected chi connectivity index (χ1v) is 6.76. The molecule has 1 aromatic carbocycles. The van der Waals surface area contributed by atoms with E-state index in [9.17, 15) is 0 Å². The maximum atomic E-state index is 6.19. The van der Waals surface area contributed by atoms with Crippen LogP contribution in [0.4, 0.5) is 0 Å². The Bertz CT molecular complexity index is 353. The summed E-state index contributed by atoms with van der Waals surface area (Å²) in [7, 11) is 1.78. The largest absolute Gasteiger partial charge is 0.384 e. The fraction of sp³-hybridized carbons (Fsp3) is 0.600. The number of hydrogen-bond acceptors (Lipinski definition) is 3. The lowest BCUT2D eigenvalue weighted by Crippen LogP contribution is -2.38. The van der Waals surface area contributed by atoms with Crippen molar-refractivity contribution in [1.82, 2.24) is 4.90 Å². The summed E-state index contributed by atoms with van der Waals surface area (Å²) in [5.41, 5.74) is 7.52. The number of ether oxygens (including phenoxy) is 1. The van der Waals surface area contributed by atoms with Crippen LogP contribution in [-0.4, -0.2) is 37.7 Å². The van der Waals surface area contributed by atoms with Crippen LogP contribution in [0.2, 0.25) is 0 Å². The van der Waals surface area contributed by atoms with Gasteiger partial charge in [-0.1, -0.05) is 30.3 Å². The van der Waals surface area contributed by atoms with E-state index in [-0.39, 0.29) is 6.04 Å². The molecule has 0 radical (unpaired) electrons. The summed E-state index contributed by atoms with van der Waals surface area (Å²) in [6.07, 6.45) is 1.21. The highest BCUT2D eigenvalue weighted by molar-refractivity contribution is 5.20. The maximum absolute atomic E-state index is 6.19. The van der Waals surface area contributed by atoms with Gasteiger partial charge < -0.3 is 10.5 Å². The molecule has 100 valence electrons. The molecule has 1 aliphatic heterocycles. The van der Waals surface area contributed by atoms with E-state index in [2.05, 4.69) is 42.2 Å². The monoisotopic (exact) mass is 248 g/mol. The second-order valence-electron chi connectivity index (χ2n) is 5.32. The van der Waals surface area contributed by atoms with Gasteiger partial charge in [-0.15, -0.1) is 0 Å². The van der Waals surface area contributed by atoms with Gasteiger partial charge in [0.15, 0.2) is 0 Å². The third kappa shape index (κ3) is 3.10. The molecule has 0 spiro atoms. The van der Waals surface area contributed by atoms with Crippen molar-refractivity contribution in [2.45, 2.75) is 25.4 Å². The van der Waals surface area contributed by atoms with Gasteiger partial charge in [-0.05, 0) is 31.4 Å². The molecule has 1 fully saturated rings. The van der Waals surface area contributed by atoms with Crippen LogP contribution in [0, 0.1) is 5.92 Å². The molecule has 1 aliphatic rings. The Balaban J connectivity index is 2.08. The molecule has 0 aliphatic carbocycles. The lowest BCUT2D eigenvalue weighted by molar-refractivity contribution is 0.143. The van der Waals surface area contributed by atoms with Crippen LogP contribution >= 0.6 is 0 Å². The van der Waals surface area contributed by atoms with E-state index in [0.717, 1.165) is 19.7 Å². The number of benzene rings is 1. The molecule has 1 aromatic rings. The number of methoxy groups -OCH3 is 1. The first-order chi connectivity index (χ1) is 8.72. The molecule has 3 nitrogen and oxygen atoms in total. The lowest BCUT2D eigenvalue weighted by atomic mass is 9.99. The quantitative estimate of drug-likeness (QED) is 0.866. The van der Waals surface area contributed by atoms with Crippen molar-refractivity contribution in [3.8, 4) is 0 Å². The average molecular weight is 248 g/mol. The molecule has 1 heterocycles. The van der Waals surface area contributed by atoms with E-state index in [4.69, 9.17) is 10.5 Å². The summed E-state index contributed by atoms with van der Waals surface area (Å²) in [6, 6.07) is 11.1. The van der Waals surface area contributed by atoms with E-state index in [0.29, 0.717) is 12.0 Å². The third-order valence-corrected chi connectivity index (χ3v) is 3.75. The van der Waals surface area contributed by atoms with Gasteiger partial charge in [0.25, 0.3) is 0 Å². The summed E-state index contributed by atoms with van der Waals surface area (Å²) >= 11 is 0. The topological polar surface area (TPSA) is 38.5 Å². The number of rotatable bonds is 5. The van der Waals surface area contributed by atoms with Crippen molar-refractivity contribution in [1.29, 1.82) is 0 Å². The first-order valence-electron chi connectivity index (χ1n) is 6.76. The highest BCUT2D eigenvalue weighted by Crippen LogP contribution is 2.29. The highest BCUT2D eigenvalue weighted by atomic mass is 16.5. The zero-order valence-electron chi connectivity index (χ0n) is 11.4. The van der Waals surface area contributed by atoms with Crippen LogP contribution in [0.15, 0.2) is 30.3 Å². The van der Waals surface area contributed by atoms with Crippen LogP contribution < -0.4 is 5.73 Å². The van der Waals surface area contributed by atoms with E-state index in [1.54, 1.807) is 7.11 Å². The van der Waals surface area contributed by atoms with Crippen molar-refractivity contribution in [2.75, 3.05) is 26.8 Å². The predicted molar refractivity (Wildman–Crippen MR) is 74.4 cm³/mol. The summed E-state index contributed by atoms with van der Waals surface area (Å²) in [6.45, 7) is 5.17. The van der Waals surface area contributed by atoms with Gasteiger partial charge in [-0.25, -0.2) is 0 Å². The van der Waals surface area contributed by atoms with Crippen LogP contribution in [0.5, 0.6) is 0 Å². The van der Waals surface area contributed by atoms with E-state index in [1.165, 1.54) is 12.0 Å². The molecule has 0 aromatic heterocycles. The molecule has 0 saturated carbocycles. The molecule has 0 bridgehead atoms. The van der Waals surface area contributed by atoms with Gasteiger partial charge >= 0.3 is 0 Å². The molecular formula is C15H24N2O. The average Bonchev–Trinajstić information content (AvgIpc) is 2.79. The Labute approximate surface area is 110 Å². The summed E-state index contributed by atoms with van der Waals surface area (Å²) in [5.74, 6) is 0.653. The van der Waals surface area contributed by atoms with Crippen molar-refractivity contribution < 1.29 is 4.74 Å². The van der Waals surface area contributed by atoms with Crippen LogP contribution in [0.25, 0.3) is 0 Å². The van der Waals surface area contributed by atoms with E-state index in [1.807, 2.05) is 0 Å². The molecule has 1 saturated heterocycles. The van der Waals surface area contributed by atoms with Gasteiger partial charge in [0, 0.05) is 25.7 Å². The summed E-state index contributed by atoms with van der Waals surface area (Å²) < 4.78 is 5.26. The number of likely N-dealkylation sites (tertiary alicyclic amines) is 1. The van der Waals surface area contributed by atoms with Crippen molar-refractivity contribution in [3.05, 3.63) is 35.9 Å². The zero-order valence-corrected chi connectivity index (χ0v) is 11.4. The first kappa shape index (κ1) is 13.5. The molecule has 3 unspecified atom stereocenters. The Morgan fingerprint density at radius 2 is 2.11 bits per heavy atom. The van der Waals surface area contributed by atoms with Crippen LogP contribution in [0.1, 0.15) is 24.9 Å². The predicted octanol–water partition coefficient (Wildman–Crippen LogP) is 2.04. The Morgan fingerprint density at radius 1 is 1.39 bits per heavy atom. The summed E-state index contributed by atoms with van der Waals surface area (Å²) in [5, 5.41) is 0. The van der Waals surface area contributed by atoms with Crippen molar-refractivity contribution in [3.63, 3.8) is 0 Å². The number of nitrogens with zero attached hydrogens (tertiary/aromatic N) is 1. The standard InChI is InChI=1S/C15H24N2O/c1-12(16)15(14-6-4-3-5-7-14)17-9-8-13(10-17)11-18-2/h3-7,12-13,15H,8-11,16H2,1-2H3. The second kappa shape index (κ2) is 6.32. The maximum Gasteiger partial charge on any atom is 0.0503 e. The Hall–Kier alpha value is -0.900. The van der Waals surface area contributed by atoms with Gasteiger partial charge in [-0.3, -0.25) is 4.90 Å². The Kier molecular flexibility index (Phi) is 4.75. The molecule has 3 heteroatoms. The van der Waals surface area contributed by atoms with E-state index >= 15 is 0 Å². The fourth-order valence-electron chi connectivity index (χ4n) is 2.98.